The second kappa shape index (κ2) is 5.61. The summed E-state index contributed by atoms with van der Waals surface area (Å²) in [5, 5.41) is 0. The average Bonchev–Trinajstić information content (AvgIpc) is 3.16. The van der Waals surface area contributed by atoms with Crippen molar-refractivity contribution in [3.8, 4) is 0 Å². The van der Waals surface area contributed by atoms with E-state index in [2.05, 4.69) is 36.2 Å². The van der Waals surface area contributed by atoms with E-state index in [0.717, 1.165) is 16.8 Å². The van der Waals surface area contributed by atoms with E-state index in [1.807, 2.05) is 0 Å². The van der Waals surface area contributed by atoms with Crippen molar-refractivity contribution in [3.05, 3.63) is 10.8 Å². The zero-order valence-corrected chi connectivity index (χ0v) is 11.3. The first-order valence-corrected chi connectivity index (χ1v) is 6.30. The normalized spacial score (nSPS) is 14.8. The van der Waals surface area contributed by atoms with Gasteiger partial charge in [0.2, 0.25) is 0 Å². The third-order valence-corrected chi connectivity index (χ3v) is 3.43. The fraction of sp³-hybridized carbons (Fsp3) is 0.600. The number of rotatable bonds is 6. The number of halogens is 1. The van der Waals surface area contributed by atoms with Crippen LogP contribution in [0, 0.1) is 0 Å². The summed E-state index contributed by atoms with van der Waals surface area (Å²) < 4.78 is 5.92. The molecule has 1 heterocycles. The minimum absolute atomic E-state index is 0.557. The molecule has 1 saturated carbocycles. The van der Waals surface area contributed by atoms with E-state index >= 15 is 0 Å². The first-order chi connectivity index (χ1) is 8.27. The molecular weight excluding hydrogens is 286 g/mol. The predicted octanol–water partition coefficient (Wildman–Crippen LogP) is 1.14. The van der Waals surface area contributed by atoms with E-state index in [1.165, 1.54) is 19.2 Å². The maximum atomic E-state index is 5.40. The molecule has 0 bridgehead atoms. The molecule has 3 N–H and O–H groups in total. The van der Waals surface area contributed by atoms with Crippen LogP contribution in [0.5, 0.6) is 0 Å². The van der Waals surface area contributed by atoms with Crippen LogP contribution in [0.4, 0.5) is 11.6 Å². The molecule has 0 aliphatic heterocycles. The van der Waals surface area contributed by atoms with Crippen molar-refractivity contribution in [3.63, 3.8) is 0 Å². The molecule has 1 aliphatic carbocycles. The minimum Gasteiger partial charge on any atom is -0.383 e. The summed E-state index contributed by atoms with van der Waals surface area (Å²) in [4.78, 5) is 10.6. The number of nitrogen functional groups attached to an aromatic ring is 1. The van der Waals surface area contributed by atoms with Crippen molar-refractivity contribution in [1.29, 1.82) is 0 Å². The Morgan fingerprint density at radius 1 is 1.59 bits per heavy atom. The van der Waals surface area contributed by atoms with Crippen LogP contribution in [0.3, 0.4) is 0 Å². The molecule has 1 aromatic heterocycles. The SMILES string of the molecule is COCCN(c1ncnc(NN)c1Br)C1CC1. The molecule has 1 aromatic rings. The van der Waals surface area contributed by atoms with Gasteiger partial charge in [0, 0.05) is 19.7 Å². The standard InChI is InChI=1S/C10H16BrN5O/c1-17-5-4-16(7-2-3-7)10-8(11)9(15-12)13-6-14-10/h6-7H,2-5,12H2,1H3,(H,13,14,15). The molecule has 0 aromatic carbocycles. The Labute approximate surface area is 109 Å². The first-order valence-electron chi connectivity index (χ1n) is 5.50. The van der Waals surface area contributed by atoms with Crippen molar-refractivity contribution >= 4 is 27.6 Å². The largest absolute Gasteiger partial charge is 0.383 e. The fourth-order valence-corrected chi connectivity index (χ4v) is 2.25. The second-order valence-electron chi connectivity index (χ2n) is 3.92. The smallest absolute Gasteiger partial charge is 0.159 e. The molecule has 17 heavy (non-hydrogen) atoms. The lowest BCUT2D eigenvalue weighted by Gasteiger charge is -2.24. The summed E-state index contributed by atoms with van der Waals surface area (Å²) in [5.74, 6) is 6.86. The summed E-state index contributed by atoms with van der Waals surface area (Å²) in [5.41, 5.74) is 2.55. The Kier molecular flexibility index (Phi) is 4.14. The van der Waals surface area contributed by atoms with Crippen LogP contribution in [0.2, 0.25) is 0 Å². The Hall–Kier alpha value is -0.920. The number of ether oxygens (including phenoxy) is 1. The van der Waals surface area contributed by atoms with Gasteiger partial charge in [-0.3, -0.25) is 0 Å². The van der Waals surface area contributed by atoms with Gasteiger partial charge in [-0.1, -0.05) is 0 Å². The number of hydrogen-bond acceptors (Lipinski definition) is 6. The van der Waals surface area contributed by atoms with Gasteiger partial charge < -0.3 is 15.1 Å². The lowest BCUT2D eigenvalue weighted by atomic mass is 10.4. The number of hydrogen-bond donors (Lipinski definition) is 2. The van der Waals surface area contributed by atoms with Crippen molar-refractivity contribution in [1.82, 2.24) is 9.97 Å². The van der Waals surface area contributed by atoms with Crippen LogP contribution in [-0.4, -0.2) is 36.3 Å². The quantitative estimate of drug-likeness (QED) is 0.606. The molecule has 94 valence electrons. The van der Waals surface area contributed by atoms with E-state index in [-0.39, 0.29) is 0 Å². The number of hydrazine groups is 1. The number of nitrogens with one attached hydrogen (secondary N) is 1. The highest BCUT2D eigenvalue weighted by molar-refractivity contribution is 9.10. The van der Waals surface area contributed by atoms with Crippen molar-refractivity contribution < 1.29 is 4.74 Å². The van der Waals surface area contributed by atoms with Crippen molar-refractivity contribution in [2.75, 3.05) is 30.6 Å². The molecule has 0 radical (unpaired) electrons. The zero-order valence-electron chi connectivity index (χ0n) is 9.69. The van der Waals surface area contributed by atoms with Gasteiger partial charge in [0.25, 0.3) is 0 Å². The van der Waals surface area contributed by atoms with Gasteiger partial charge in [0.05, 0.1) is 6.61 Å². The monoisotopic (exact) mass is 301 g/mol. The Morgan fingerprint density at radius 2 is 2.35 bits per heavy atom. The summed E-state index contributed by atoms with van der Waals surface area (Å²) in [6.45, 7) is 1.50. The third kappa shape index (κ3) is 2.85. The second-order valence-corrected chi connectivity index (χ2v) is 4.71. The van der Waals surface area contributed by atoms with Gasteiger partial charge in [0.15, 0.2) is 5.82 Å². The summed E-state index contributed by atoms with van der Waals surface area (Å²) in [6.07, 6.45) is 3.91. The number of anilines is 2. The van der Waals surface area contributed by atoms with E-state index in [9.17, 15) is 0 Å². The highest BCUT2D eigenvalue weighted by Crippen LogP contribution is 2.36. The summed E-state index contributed by atoms with van der Waals surface area (Å²) in [6, 6.07) is 0.557. The molecule has 1 fully saturated rings. The lowest BCUT2D eigenvalue weighted by molar-refractivity contribution is 0.204. The molecule has 0 saturated heterocycles. The van der Waals surface area contributed by atoms with Gasteiger partial charge in [-0.25, -0.2) is 15.8 Å². The molecule has 0 atom stereocenters. The van der Waals surface area contributed by atoms with E-state index in [4.69, 9.17) is 10.6 Å². The van der Waals surface area contributed by atoms with Gasteiger partial charge >= 0.3 is 0 Å². The predicted molar refractivity (Wildman–Crippen MR) is 69.8 cm³/mol. The van der Waals surface area contributed by atoms with Gasteiger partial charge in [0.1, 0.15) is 16.6 Å². The maximum Gasteiger partial charge on any atom is 0.159 e. The maximum absolute atomic E-state index is 5.40. The van der Waals surface area contributed by atoms with Crippen LogP contribution in [-0.2, 0) is 4.74 Å². The van der Waals surface area contributed by atoms with Crippen LogP contribution < -0.4 is 16.2 Å². The van der Waals surface area contributed by atoms with E-state index < -0.39 is 0 Å². The lowest BCUT2D eigenvalue weighted by Crippen LogP contribution is -2.31. The van der Waals surface area contributed by atoms with Crippen LogP contribution in [0.1, 0.15) is 12.8 Å². The Bertz CT molecular complexity index is 385. The molecule has 2 rings (SSSR count). The zero-order chi connectivity index (χ0) is 12.3. The molecule has 6 nitrogen and oxygen atoms in total. The van der Waals surface area contributed by atoms with E-state index in [0.29, 0.717) is 18.5 Å². The molecule has 0 amide bonds. The number of aromatic nitrogens is 2. The van der Waals surface area contributed by atoms with Crippen LogP contribution in [0.25, 0.3) is 0 Å². The Balaban J connectivity index is 2.22. The van der Waals surface area contributed by atoms with Gasteiger partial charge in [-0.05, 0) is 28.8 Å². The number of nitrogens with two attached hydrogens (primary N) is 1. The highest BCUT2D eigenvalue weighted by atomic mass is 79.9. The van der Waals surface area contributed by atoms with Gasteiger partial charge in [-0.2, -0.15) is 0 Å². The summed E-state index contributed by atoms with van der Waals surface area (Å²) >= 11 is 3.48. The van der Waals surface area contributed by atoms with Crippen LogP contribution in [0.15, 0.2) is 10.8 Å². The average molecular weight is 302 g/mol. The van der Waals surface area contributed by atoms with Crippen molar-refractivity contribution in [2.24, 2.45) is 5.84 Å². The molecule has 7 heteroatoms. The minimum atomic E-state index is 0.557. The van der Waals surface area contributed by atoms with Crippen molar-refractivity contribution in [2.45, 2.75) is 18.9 Å². The number of methoxy groups -OCH3 is 1. The highest BCUT2D eigenvalue weighted by Gasteiger charge is 2.31. The Morgan fingerprint density at radius 3 is 2.94 bits per heavy atom. The fourth-order valence-electron chi connectivity index (χ4n) is 1.70. The first kappa shape index (κ1) is 12.5. The topological polar surface area (TPSA) is 76.3 Å². The summed E-state index contributed by atoms with van der Waals surface area (Å²) in [7, 11) is 1.70. The molecule has 0 spiro atoms. The van der Waals surface area contributed by atoms with E-state index in [1.54, 1.807) is 7.11 Å². The van der Waals surface area contributed by atoms with Gasteiger partial charge in [-0.15, -0.1) is 0 Å². The molecular formula is C10H16BrN5O. The molecule has 0 unspecified atom stereocenters. The van der Waals surface area contributed by atoms with Crippen LogP contribution >= 0.6 is 15.9 Å². The third-order valence-electron chi connectivity index (χ3n) is 2.70. The number of nitrogens with zero attached hydrogens (tertiary/aromatic N) is 3. The molecule has 1 aliphatic rings.